The number of ether oxygens (including phenoxy) is 2. The van der Waals surface area contributed by atoms with E-state index in [2.05, 4.69) is 21.5 Å². The molecule has 164 valence electrons. The van der Waals surface area contributed by atoms with Crippen molar-refractivity contribution in [2.75, 3.05) is 12.4 Å². The molecular formula is C22H26N4O5. The second-order valence-electron chi connectivity index (χ2n) is 7.39. The average Bonchev–Trinajstić information content (AvgIpc) is 3.55. The number of nitrogens with one attached hydrogen (secondary N) is 4. The number of carbonyl (C=O) groups excluding carboxylic acids is 3. The van der Waals surface area contributed by atoms with E-state index in [1.54, 1.807) is 30.3 Å². The summed E-state index contributed by atoms with van der Waals surface area (Å²) in [6, 6.07) is 11.1. The van der Waals surface area contributed by atoms with Gasteiger partial charge in [-0.15, -0.1) is 0 Å². The largest absolute Gasteiger partial charge is 0.493 e. The highest BCUT2D eigenvalue weighted by Crippen LogP contribution is 2.29. The summed E-state index contributed by atoms with van der Waals surface area (Å²) in [6.45, 7) is 3.78. The summed E-state index contributed by atoms with van der Waals surface area (Å²) in [6.07, 6.45) is 1.92. The minimum atomic E-state index is -0.522. The Bertz CT molecular complexity index is 972. The van der Waals surface area contributed by atoms with Crippen molar-refractivity contribution >= 4 is 23.5 Å². The van der Waals surface area contributed by atoms with Gasteiger partial charge < -0.3 is 20.1 Å². The summed E-state index contributed by atoms with van der Waals surface area (Å²) >= 11 is 0. The maximum atomic E-state index is 12.4. The molecule has 0 aromatic heterocycles. The van der Waals surface area contributed by atoms with Crippen molar-refractivity contribution in [2.24, 2.45) is 0 Å². The van der Waals surface area contributed by atoms with Crippen LogP contribution in [0.2, 0.25) is 0 Å². The van der Waals surface area contributed by atoms with Crippen molar-refractivity contribution in [3.63, 3.8) is 0 Å². The van der Waals surface area contributed by atoms with Gasteiger partial charge in [-0.3, -0.25) is 20.4 Å². The number of rotatable bonds is 7. The highest BCUT2D eigenvalue weighted by Gasteiger charge is 2.23. The van der Waals surface area contributed by atoms with E-state index in [0.29, 0.717) is 22.7 Å². The molecule has 0 atom stereocenters. The fourth-order valence-electron chi connectivity index (χ4n) is 2.74. The Balaban J connectivity index is 1.58. The number of methoxy groups -OCH3 is 1. The molecule has 1 saturated carbocycles. The lowest BCUT2D eigenvalue weighted by atomic mass is 10.2. The van der Waals surface area contributed by atoms with Crippen molar-refractivity contribution < 1.29 is 23.9 Å². The van der Waals surface area contributed by atoms with Gasteiger partial charge in [0.25, 0.3) is 11.8 Å². The van der Waals surface area contributed by atoms with E-state index in [1.165, 1.54) is 19.2 Å². The zero-order valence-electron chi connectivity index (χ0n) is 17.7. The van der Waals surface area contributed by atoms with Crippen LogP contribution in [0.5, 0.6) is 11.5 Å². The summed E-state index contributed by atoms with van der Waals surface area (Å²) in [5.74, 6) is -0.101. The topological polar surface area (TPSA) is 118 Å². The van der Waals surface area contributed by atoms with Gasteiger partial charge in [-0.2, -0.15) is 0 Å². The van der Waals surface area contributed by atoms with Gasteiger partial charge >= 0.3 is 6.03 Å². The molecule has 9 nitrogen and oxygen atoms in total. The van der Waals surface area contributed by atoms with Crippen LogP contribution in [0, 0.1) is 0 Å². The zero-order valence-corrected chi connectivity index (χ0v) is 17.7. The van der Waals surface area contributed by atoms with Crippen molar-refractivity contribution in [2.45, 2.75) is 38.8 Å². The lowest BCUT2D eigenvalue weighted by Crippen LogP contribution is -2.41. The second-order valence-corrected chi connectivity index (χ2v) is 7.39. The Hall–Kier alpha value is -3.75. The molecule has 0 spiro atoms. The van der Waals surface area contributed by atoms with Gasteiger partial charge in [0.2, 0.25) is 0 Å². The fourth-order valence-corrected chi connectivity index (χ4v) is 2.74. The monoisotopic (exact) mass is 426 g/mol. The van der Waals surface area contributed by atoms with Crippen molar-refractivity contribution in [1.29, 1.82) is 0 Å². The molecule has 0 bridgehead atoms. The third-order valence-corrected chi connectivity index (χ3v) is 4.37. The molecule has 1 aliphatic carbocycles. The van der Waals surface area contributed by atoms with Gasteiger partial charge in [-0.1, -0.05) is 6.07 Å². The van der Waals surface area contributed by atoms with E-state index in [4.69, 9.17) is 9.47 Å². The van der Waals surface area contributed by atoms with Gasteiger partial charge in [0.1, 0.15) is 0 Å². The van der Waals surface area contributed by atoms with Crippen LogP contribution >= 0.6 is 0 Å². The number of carbonyl (C=O) groups is 3. The molecule has 4 amide bonds. The molecule has 4 N–H and O–H groups in total. The number of hydrazine groups is 1. The lowest BCUT2D eigenvalue weighted by Gasteiger charge is -2.14. The number of urea groups is 1. The number of anilines is 1. The number of benzene rings is 2. The van der Waals surface area contributed by atoms with E-state index in [1.807, 2.05) is 13.8 Å². The number of amides is 4. The Morgan fingerprint density at radius 2 is 1.61 bits per heavy atom. The smallest absolute Gasteiger partial charge is 0.319 e. The molecule has 31 heavy (non-hydrogen) atoms. The van der Waals surface area contributed by atoms with Crippen molar-refractivity contribution in [3.8, 4) is 11.5 Å². The minimum absolute atomic E-state index is 0.0436. The molecule has 0 unspecified atom stereocenters. The molecular weight excluding hydrogens is 400 g/mol. The van der Waals surface area contributed by atoms with E-state index in [-0.39, 0.29) is 23.7 Å². The van der Waals surface area contributed by atoms with Crippen molar-refractivity contribution in [1.82, 2.24) is 16.2 Å². The van der Waals surface area contributed by atoms with E-state index >= 15 is 0 Å². The van der Waals surface area contributed by atoms with Gasteiger partial charge in [0, 0.05) is 22.9 Å². The van der Waals surface area contributed by atoms with Gasteiger partial charge in [0.15, 0.2) is 11.5 Å². The lowest BCUT2D eigenvalue weighted by molar-refractivity contribution is 0.0846. The van der Waals surface area contributed by atoms with Crippen LogP contribution < -0.4 is 31.0 Å². The molecule has 1 aliphatic rings. The first-order valence-electron chi connectivity index (χ1n) is 9.98. The van der Waals surface area contributed by atoms with Gasteiger partial charge in [-0.25, -0.2) is 4.79 Å². The highest BCUT2D eigenvalue weighted by molar-refractivity contribution is 6.00. The first kappa shape index (κ1) is 21.9. The normalized spacial score (nSPS) is 12.6. The molecule has 1 fully saturated rings. The van der Waals surface area contributed by atoms with Crippen LogP contribution in [-0.4, -0.2) is 37.1 Å². The van der Waals surface area contributed by atoms with Crippen LogP contribution in [0.4, 0.5) is 10.5 Å². The third kappa shape index (κ3) is 6.36. The summed E-state index contributed by atoms with van der Waals surface area (Å²) in [5.41, 5.74) is 5.78. The van der Waals surface area contributed by atoms with Crippen molar-refractivity contribution in [3.05, 3.63) is 53.6 Å². The summed E-state index contributed by atoms with van der Waals surface area (Å²) in [5, 5.41) is 5.49. The number of hydrogen-bond donors (Lipinski definition) is 4. The van der Waals surface area contributed by atoms with Gasteiger partial charge in [0.05, 0.1) is 13.2 Å². The Kier molecular flexibility index (Phi) is 6.96. The molecule has 2 aromatic rings. The Labute approximate surface area is 180 Å². The van der Waals surface area contributed by atoms with Crippen LogP contribution in [0.1, 0.15) is 47.4 Å². The standard InChI is InChI=1S/C22H26N4O5/c1-13(2)31-18-10-7-15(12-19(18)30-3)21(28)26-25-20(27)14-5-4-6-17(11-14)24-22(29)23-16-8-9-16/h4-7,10-13,16H,8-9H2,1-3H3,(H,25,27)(H,26,28)(H2,23,24,29). The summed E-state index contributed by atoms with van der Waals surface area (Å²) in [7, 11) is 1.48. The molecule has 0 saturated heterocycles. The fraction of sp³-hybridized carbons (Fsp3) is 0.318. The molecule has 2 aromatic carbocycles. The van der Waals surface area contributed by atoms with E-state index < -0.39 is 11.8 Å². The molecule has 0 radical (unpaired) electrons. The molecule has 0 aliphatic heterocycles. The maximum Gasteiger partial charge on any atom is 0.319 e. The third-order valence-electron chi connectivity index (χ3n) is 4.37. The van der Waals surface area contributed by atoms with Crippen LogP contribution in [0.25, 0.3) is 0 Å². The maximum absolute atomic E-state index is 12.4. The van der Waals surface area contributed by atoms with Crippen LogP contribution in [-0.2, 0) is 0 Å². The molecule has 3 rings (SSSR count). The first-order valence-corrected chi connectivity index (χ1v) is 9.98. The van der Waals surface area contributed by atoms with E-state index in [0.717, 1.165) is 12.8 Å². The zero-order chi connectivity index (χ0) is 22.4. The summed E-state index contributed by atoms with van der Waals surface area (Å²) < 4.78 is 10.9. The van der Waals surface area contributed by atoms with Gasteiger partial charge in [-0.05, 0) is 63.1 Å². The van der Waals surface area contributed by atoms with Crippen LogP contribution in [0.3, 0.4) is 0 Å². The quantitative estimate of drug-likeness (QED) is 0.508. The Morgan fingerprint density at radius 1 is 0.935 bits per heavy atom. The molecule has 0 heterocycles. The SMILES string of the molecule is COc1cc(C(=O)NNC(=O)c2cccc(NC(=O)NC3CC3)c2)ccc1OC(C)C. The van der Waals surface area contributed by atoms with Crippen LogP contribution in [0.15, 0.2) is 42.5 Å². The average molecular weight is 426 g/mol. The predicted octanol–water partition coefficient (Wildman–Crippen LogP) is 2.84. The first-order chi connectivity index (χ1) is 14.9. The predicted molar refractivity (Wildman–Crippen MR) is 115 cm³/mol. The summed E-state index contributed by atoms with van der Waals surface area (Å²) in [4.78, 5) is 36.7. The Morgan fingerprint density at radius 3 is 2.23 bits per heavy atom. The highest BCUT2D eigenvalue weighted by atomic mass is 16.5. The number of hydrogen-bond acceptors (Lipinski definition) is 5. The second kappa shape index (κ2) is 9.84. The molecule has 9 heteroatoms. The van der Waals surface area contributed by atoms with E-state index in [9.17, 15) is 14.4 Å². The minimum Gasteiger partial charge on any atom is -0.493 e.